The summed E-state index contributed by atoms with van der Waals surface area (Å²) >= 11 is 0. The molecule has 1 saturated heterocycles. The fraction of sp³-hybridized carbons (Fsp3) is 0.667. The van der Waals surface area contributed by atoms with E-state index in [0.29, 0.717) is 5.54 Å². The van der Waals surface area contributed by atoms with E-state index in [1.807, 2.05) is 30.3 Å². The maximum atomic E-state index is 5.92. The third kappa shape index (κ3) is 3.41. The molecule has 1 saturated carbocycles. The summed E-state index contributed by atoms with van der Waals surface area (Å²) in [6.45, 7) is 8.66. The highest BCUT2D eigenvalue weighted by molar-refractivity contribution is 5.20. The summed E-state index contributed by atoms with van der Waals surface area (Å²) in [5, 5.41) is 3.75. The molecule has 2 fully saturated rings. The number of piperazine rings is 1. The number of para-hydroxylation sites is 1. The predicted molar refractivity (Wildman–Crippen MR) is 86.8 cm³/mol. The first-order valence-electron chi connectivity index (χ1n) is 8.28. The van der Waals surface area contributed by atoms with Crippen LogP contribution in [-0.2, 0) is 0 Å². The molecule has 0 amide bonds. The van der Waals surface area contributed by atoms with Gasteiger partial charge >= 0.3 is 0 Å². The van der Waals surface area contributed by atoms with E-state index in [1.54, 1.807) is 0 Å². The van der Waals surface area contributed by atoms with Gasteiger partial charge in [-0.25, -0.2) is 0 Å². The standard InChI is InChI=1S/C18H28N2O/c1-17(2)15-20(18(14-19-17)10-6-7-11-18)12-13-21-16-8-4-3-5-9-16/h3-5,8-9,19H,6-7,10-15H2,1-2H3. The number of benzene rings is 1. The zero-order chi connectivity index (χ0) is 14.8. The van der Waals surface area contributed by atoms with Crippen molar-refractivity contribution >= 4 is 0 Å². The second-order valence-electron chi connectivity index (χ2n) is 7.25. The van der Waals surface area contributed by atoms with Gasteiger partial charge in [0.05, 0.1) is 0 Å². The Kier molecular flexibility index (Phi) is 4.23. The summed E-state index contributed by atoms with van der Waals surface area (Å²) in [6.07, 6.45) is 5.42. The van der Waals surface area contributed by atoms with Crippen molar-refractivity contribution in [2.24, 2.45) is 0 Å². The Morgan fingerprint density at radius 2 is 1.86 bits per heavy atom. The van der Waals surface area contributed by atoms with Crippen LogP contribution in [0.1, 0.15) is 39.5 Å². The highest BCUT2D eigenvalue weighted by atomic mass is 16.5. The van der Waals surface area contributed by atoms with E-state index in [1.165, 1.54) is 25.7 Å². The largest absolute Gasteiger partial charge is 0.492 e. The molecule has 0 bridgehead atoms. The number of hydrogen-bond donors (Lipinski definition) is 1. The molecule has 3 rings (SSSR count). The number of nitrogens with zero attached hydrogens (tertiary/aromatic N) is 1. The van der Waals surface area contributed by atoms with E-state index in [4.69, 9.17) is 4.74 Å². The van der Waals surface area contributed by atoms with E-state index in [2.05, 4.69) is 24.1 Å². The van der Waals surface area contributed by atoms with Crippen LogP contribution in [0.25, 0.3) is 0 Å². The van der Waals surface area contributed by atoms with Crippen LogP contribution in [0, 0.1) is 0 Å². The van der Waals surface area contributed by atoms with Crippen LogP contribution in [0.5, 0.6) is 5.75 Å². The fourth-order valence-electron chi connectivity index (χ4n) is 3.85. The predicted octanol–water partition coefficient (Wildman–Crippen LogP) is 3.06. The first-order valence-corrected chi connectivity index (χ1v) is 8.28. The maximum Gasteiger partial charge on any atom is 0.119 e. The first kappa shape index (κ1) is 14.9. The molecule has 0 aromatic heterocycles. The Morgan fingerprint density at radius 1 is 1.14 bits per heavy atom. The van der Waals surface area contributed by atoms with Crippen LogP contribution in [0.3, 0.4) is 0 Å². The minimum Gasteiger partial charge on any atom is -0.492 e. The molecule has 2 aliphatic rings. The first-order chi connectivity index (χ1) is 10.1. The minimum atomic E-state index is 0.209. The average Bonchev–Trinajstić information content (AvgIpc) is 2.94. The molecular formula is C18H28N2O. The highest BCUT2D eigenvalue weighted by Crippen LogP contribution is 2.38. The Morgan fingerprint density at radius 3 is 2.57 bits per heavy atom. The van der Waals surface area contributed by atoms with Crippen LogP contribution in [0.15, 0.2) is 30.3 Å². The Hall–Kier alpha value is -1.06. The summed E-state index contributed by atoms with van der Waals surface area (Å²) in [5.41, 5.74) is 0.593. The lowest BCUT2D eigenvalue weighted by Crippen LogP contribution is -2.67. The van der Waals surface area contributed by atoms with Crippen molar-refractivity contribution in [3.8, 4) is 5.75 Å². The van der Waals surface area contributed by atoms with Crippen molar-refractivity contribution in [3.05, 3.63) is 30.3 Å². The molecule has 21 heavy (non-hydrogen) atoms. The number of rotatable bonds is 4. The zero-order valence-corrected chi connectivity index (χ0v) is 13.4. The van der Waals surface area contributed by atoms with Crippen molar-refractivity contribution in [3.63, 3.8) is 0 Å². The third-order valence-corrected chi connectivity index (χ3v) is 5.06. The van der Waals surface area contributed by atoms with Crippen molar-refractivity contribution < 1.29 is 4.74 Å². The quantitative estimate of drug-likeness (QED) is 0.921. The molecule has 0 radical (unpaired) electrons. The second-order valence-corrected chi connectivity index (χ2v) is 7.25. The van der Waals surface area contributed by atoms with Crippen LogP contribution in [0.2, 0.25) is 0 Å². The summed E-state index contributed by atoms with van der Waals surface area (Å²) in [7, 11) is 0. The monoisotopic (exact) mass is 288 g/mol. The molecule has 3 nitrogen and oxygen atoms in total. The molecule has 1 heterocycles. The lowest BCUT2D eigenvalue weighted by molar-refractivity contribution is 0.0101. The van der Waals surface area contributed by atoms with Gasteiger partial charge in [-0.3, -0.25) is 4.90 Å². The normalized spacial score (nSPS) is 24.3. The van der Waals surface area contributed by atoms with Gasteiger partial charge < -0.3 is 10.1 Å². The molecular weight excluding hydrogens is 260 g/mol. The van der Waals surface area contributed by atoms with Crippen molar-refractivity contribution in [2.45, 2.75) is 50.6 Å². The zero-order valence-electron chi connectivity index (χ0n) is 13.4. The molecule has 3 heteroatoms. The average molecular weight is 288 g/mol. The molecule has 0 atom stereocenters. The van der Waals surface area contributed by atoms with Gasteiger partial charge in [0, 0.05) is 30.7 Å². The van der Waals surface area contributed by atoms with Crippen molar-refractivity contribution in [2.75, 3.05) is 26.2 Å². The van der Waals surface area contributed by atoms with Gasteiger partial charge in [-0.2, -0.15) is 0 Å². The van der Waals surface area contributed by atoms with E-state index < -0.39 is 0 Å². The van der Waals surface area contributed by atoms with Gasteiger partial charge in [0.15, 0.2) is 0 Å². The minimum absolute atomic E-state index is 0.209. The fourth-order valence-corrected chi connectivity index (χ4v) is 3.85. The lowest BCUT2D eigenvalue weighted by Gasteiger charge is -2.51. The number of ether oxygens (including phenoxy) is 1. The van der Waals surface area contributed by atoms with E-state index in [-0.39, 0.29) is 5.54 Å². The molecule has 0 unspecified atom stereocenters. The van der Waals surface area contributed by atoms with Gasteiger partial charge in [0.1, 0.15) is 12.4 Å². The van der Waals surface area contributed by atoms with Gasteiger partial charge in [0.2, 0.25) is 0 Å². The molecule has 1 aliphatic heterocycles. The molecule has 1 aliphatic carbocycles. The maximum absolute atomic E-state index is 5.92. The molecule has 116 valence electrons. The molecule has 1 spiro atoms. The third-order valence-electron chi connectivity index (χ3n) is 5.06. The van der Waals surface area contributed by atoms with E-state index in [0.717, 1.165) is 32.0 Å². The topological polar surface area (TPSA) is 24.5 Å². The van der Waals surface area contributed by atoms with Crippen LogP contribution in [0.4, 0.5) is 0 Å². The summed E-state index contributed by atoms with van der Waals surface area (Å²) in [4.78, 5) is 2.69. The Balaban J connectivity index is 1.60. The summed E-state index contributed by atoms with van der Waals surface area (Å²) < 4.78 is 5.92. The molecule has 1 aromatic carbocycles. The van der Waals surface area contributed by atoms with Crippen molar-refractivity contribution in [1.82, 2.24) is 10.2 Å². The smallest absolute Gasteiger partial charge is 0.119 e. The van der Waals surface area contributed by atoms with Gasteiger partial charge in [-0.05, 0) is 38.8 Å². The summed E-state index contributed by atoms with van der Waals surface area (Å²) in [5.74, 6) is 0.979. The molecule has 1 aromatic rings. The Bertz CT molecular complexity index is 452. The van der Waals surface area contributed by atoms with E-state index in [9.17, 15) is 0 Å². The van der Waals surface area contributed by atoms with Crippen LogP contribution >= 0.6 is 0 Å². The van der Waals surface area contributed by atoms with E-state index >= 15 is 0 Å². The van der Waals surface area contributed by atoms with Gasteiger partial charge in [-0.1, -0.05) is 31.0 Å². The van der Waals surface area contributed by atoms with Gasteiger partial charge in [0.25, 0.3) is 0 Å². The van der Waals surface area contributed by atoms with Crippen molar-refractivity contribution in [1.29, 1.82) is 0 Å². The highest BCUT2D eigenvalue weighted by Gasteiger charge is 2.45. The van der Waals surface area contributed by atoms with Crippen LogP contribution < -0.4 is 10.1 Å². The lowest BCUT2D eigenvalue weighted by atomic mass is 9.87. The van der Waals surface area contributed by atoms with Gasteiger partial charge in [-0.15, -0.1) is 0 Å². The Labute approximate surface area is 128 Å². The molecule has 1 N–H and O–H groups in total. The SMILES string of the molecule is CC1(C)CN(CCOc2ccccc2)C2(CCCC2)CN1. The summed E-state index contributed by atoms with van der Waals surface area (Å²) in [6, 6.07) is 10.2. The number of nitrogens with one attached hydrogen (secondary N) is 1. The number of hydrogen-bond acceptors (Lipinski definition) is 3. The second kappa shape index (κ2) is 5.98. The van der Waals surface area contributed by atoms with Crippen LogP contribution in [-0.4, -0.2) is 42.2 Å².